The van der Waals surface area contributed by atoms with Crippen molar-refractivity contribution in [3.05, 3.63) is 0 Å². The summed E-state index contributed by atoms with van der Waals surface area (Å²) in [5.41, 5.74) is 5.07. The molecule has 1 saturated heterocycles. The predicted octanol–water partition coefficient (Wildman–Crippen LogP) is -0.660. The van der Waals surface area contributed by atoms with Crippen LogP contribution < -0.4 is 5.73 Å². The molecular formula is C7H12N2O2. The molecule has 11 heavy (non-hydrogen) atoms. The number of rotatable bonds is 1. The highest BCUT2D eigenvalue weighted by Crippen LogP contribution is 2.15. The second-order valence-electron chi connectivity index (χ2n) is 2.91. The number of piperidine rings is 1. The SMILES string of the molecule is CN1CCC(C(N)=O)CC1=O. The Labute approximate surface area is 65.3 Å². The molecule has 2 N–H and O–H groups in total. The van der Waals surface area contributed by atoms with Crippen LogP contribution in [0.15, 0.2) is 0 Å². The zero-order valence-corrected chi connectivity index (χ0v) is 6.54. The Hall–Kier alpha value is -1.06. The average molecular weight is 156 g/mol. The summed E-state index contributed by atoms with van der Waals surface area (Å²) in [7, 11) is 1.74. The molecule has 1 fully saturated rings. The maximum Gasteiger partial charge on any atom is 0.223 e. The van der Waals surface area contributed by atoms with Crippen molar-refractivity contribution in [3.63, 3.8) is 0 Å². The molecular weight excluding hydrogens is 144 g/mol. The number of likely N-dealkylation sites (tertiary alicyclic amines) is 1. The van der Waals surface area contributed by atoms with Gasteiger partial charge >= 0.3 is 0 Å². The minimum absolute atomic E-state index is 0.0139. The number of nitrogens with zero attached hydrogens (tertiary/aromatic N) is 1. The van der Waals surface area contributed by atoms with Crippen molar-refractivity contribution in [3.8, 4) is 0 Å². The number of carbonyl (C=O) groups is 2. The van der Waals surface area contributed by atoms with E-state index in [9.17, 15) is 9.59 Å². The highest BCUT2D eigenvalue weighted by atomic mass is 16.2. The van der Waals surface area contributed by atoms with Crippen LogP contribution in [0.3, 0.4) is 0 Å². The lowest BCUT2D eigenvalue weighted by atomic mass is 9.96. The van der Waals surface area contributed by atoms with Crippen LogP contribution in [0.25, 0.3) is 0 Å². The van der Waals surface area contributed by atoms with Gasteiger partial charge in [0.25, 0.3) is 0 Å². The van der Waals surface area contributed by atoms with Crippen molar-refractivity contribution in [2.24, 2.45) is 11.7 Å². The molecule has 0 aromatic heterocycles. The monoisotopic (exact) mass is 156 g/mol. The molecule has 0 aromatic carbocycles. The third-order valence-electron chi connectivity index (χ3n) is 2.06. The van der Waals surface area contributed by atoms with E-state index in [1.54, 1.807) is 11.9 Å². The second kappa shape index (κ2) is 2.90. The predicted molar refractivity (Wildman–Crippen MR) is 39.6 cm³/mol. The Balaban J connectivity index is 2.53. The van der Waals surface area contributed by atoms with Crippen molar-refractivity contribution in [2.75, 3.05) is 13.6 Å². The summed E-state index contributed by atoms with van der Waals surface area (Å²) < 4.78 is 0. The minimum Gasteiger partial charge on any atom is -0.369 e. The van der Waals surface area contributed by atoms with Gasteiger partial charge in [-0.25, -0.2) is 0 Å². The highest BCUT2D eigenvalue weighted by molar-refractivity contribution is 5.85. The number of nitrogens with two attached hydrogens (primary N) is 1. The van der Waals surface area contributed by atoms with E-state index in [-0.39, 0.29) is 24.2 Å². The summed E-state index contributed by atoms with van der Waals surface area (Å²) in [6, 6.07) is 0. The fourth-order valence-electron chi connectivity index (χ4n) is 1.19. The number of amides is 2. The van der Waals surface area contributed by atoms with Gasteiger partial charge < -0.3 is 10.6 Å². The zero-order chi connectivity index (χ0) is 8.43. The largest absolute Gasteiger partial charge is 0.369 e. The van der Waals surface area contributed by atoms with Crippen molar-refractivity contribution in [2.45, 2.75) is 12.8 Å². The Morgan fingerprint density at radius 2 is 2.36 bits per heavy atom. The van der Waals surface area contributed by atoms with Crippen LogP contribution >= 0.6 is 0 Å². The van der Waals surface area contributed by atoms with Gasteiger partial charge in [0.05, 0.1) is 0 Å². The van der Waals surface area contributed by atoms with Crippen LogP contribution in [0.4, 0.5) is 0 Å². The molecule has 1 heterocycles. The smallest absolute Gasteiger partial charge is 0.223 e. The van der Waals surface area contributed by atoms with Crippen LogP contribution in [0.2, 0.25) is 0 Å². The molecule has 0 aliphatic carbocycles. The van der Waals surface area contributed by atoms with Crippen molar-refractivity contribution in [1.29, 1.82) is 0 Å². The number of carbonyl (C=O) groups excluding carboxylic acids is 2. The average Bonchev–Trinajstić information content (AvgIpc) is 1.94. The lowest BCUT2D eigenvalue weighted by Gasteiger charge is -2.26. The normalized spacial score (nSPS) is 25.4. The molecule has 2 amide bonds. The Morgan fingerprint density at radius 3 is 2.82 bits per heavy atom. The van der Waals surface area contributed by atoms with E-state index in [2.05, 4.69) is 0 Å². The molecule has 1 aliphatic rings. The maximum absolute atomic E-state index is 11.0. The molecule has 0 spiro atoms. The van der Waals surface area contributed by atoms with E-state index < -0.39 is 0 Å². The van der Waals surface area contributed by atoms with Gasteiger partial charge in [0, 0.05) is 25.9 Å². The summed E-state index contributed by atoms with van der Waals surface area (Å²) >= 11 is 0. The van der Waals surface area contributed by atoms with Gasteiger partial charge in [0.1, 0.15) is 0 Å². The Bertz CT molecular complexity index is 191. The van der Waals surface area contributed by atoms with E-state index >= 15 is 0 Å². The van der Waals surface area contributed by atoms with Crippen LogP contribution in [0.1, 0.15) is 12.8 Å². The quantitative estimate of drug-likeness (QED) is 0.547. The molecule has 1 atom stereocenters. The summed E-state index contributed by atoms with van der Waals surface area (Å²) in [5, 5.41) is 0. The first-order valence-electron chi connectivity index (χ1n) is 3.64. The summed E-state index contributed by atoms with van der Waals surface area (Å²) in [4.78, 5) is 23.3. The first-order valence-corrected chi connectivity index (χ1v) is 3.64. The third-order valence-corrected chi connectivity index (χ3v) is 2.06. The Morgan fingerprint density at radius 1 is 1.73 bits per heavy atom. The minimum atomic E-state index is -0.355. The number of hydrogen-bond acceptors (Lipinski definition) is 2. The van der Waals surface area contributed by atoms with Crippen molar-refractivity contribution < 1.29 is 9.59 Å². The van der Waals surface area contributed by atoms with Gasteiger partial charge in [-0.05, 0) is 6.42 Å². The van der Waals surface area contributed by atoms with E-state index in [1.165, 1.54) is 0 Å². The standard InChI is InChI=1S/C7H12N2O2/c1-9-3-2-5(7(8)11)4-6(9)10/h5H,2-4H2,1H3,(H2,8,11). The van der Waals surface area contributed by atoms with Crippen molar-refractivity contribution >= 4 is 11.8 Å². The van der Waals surface area contributed by atoms with Gasteiger partial charge in [0.2, 0.25) is 11.8 Å². The van der Waals surface area contributed by atoms with E-state index in [0.29, 0.717) is 13.0 Å². The fraction of sp³-hybridized carbons (Fsp3) is 0.714. The van der Waals surface area contributed by atoms with E-state index in [0.717, 1.165) is 0 Å². The molecule has 1 aliphatic heterocycles. The molecule has 4 nitrogen and oxygen atoms in total. The van der Waals surface area contributed by atoms with Crippen LogP contribution in [-0.2, 0) is 9.59 Å². The molecule has 0 aromatic rings. The summed E-state index contributed by atoms with van der Waals surface area (Å²) in [6.45, 7) is 0.645. The van der Waals surface area contributed by atoms with Crippen LogP contribution in [0.5, 0.6) is 0 Å². The van der Waals surface area contributed by atoms with E-state index in [1.807, 2.05) is 0 Å². The molecule has 0 saturated carbocycles. The second-order valence-corrected chi connectivity index (χ2v) is 2.91. The molecule has 0 radical (unpaired) electrons. The van der Waals surface area contributed by atoms with Gasteiger partial charge in [0.15, 0.2) is 0 Å². The van der Waals surface area contributed by atoms with Crippen LogP contribution in [-0.4, -0.2) is 30.3 Å². The molecule has 0 bridgehead atoms. The molecule has 1 rings (SSSR count). The Kier molecular flexibility index (Phi) is 2.12. The highest BCUT2D eigenvalue weighted by Gasteiger charge is 2.26. The maximum atomic E-state index is 11.0. The summed E-state index contributed by atoms with van der Waals surface area (Å²) in [6.07, 6.45) is 0.989. The third kappa shape index (κ3) is 1.69. The van der Waals surface area contributed by atoms with Gasteiger partial charge in [-0.2, -0.15) is 0 Å². The van der Waals surface area contributed by atoms with Gasteiger partial charge in [-0.15, -0.1) is 0 Å². The topological polar surface area (TPSA) is 63.4 Å². The van der Waals surface area contributed by atoms with Gasteiger partial charge in [-0.1, -0.05) is 0 Å². The lowest BCUT2D eigenvalue weighted by Crippen LogP contribution is -2.40. The number of hydrogen-bond donors (Lipinski definition) is 1. The zero-order valence-electron chi connectivity index (χ0n) is 6.54. The summed E-state index contributed by atoms with van der Waals surface area (Å²) in [5.74, 6) is -0.579. The van der Waals surface area contributed by atoms with E-state index in [4.69, 9.17) is 5.73 Å². The molecule has 62 valence electrons. The molecule has 1 unspecified atom stereocenters. The number of primary amides is 1. The van der Waals surface area contributed by atoms with Crippen molar-refractivity contribution in [1.82, 2.24) is 4.90 Å². The molecule has 4 heteroatoms. The fourth-order valence-corrected chi connectivity index (χ4v) is 1.19. The lowest BCUT2D eigenvalue weighted by molar-refractivity contribution is -0.138. The first-order chi connectivity index (χ1) is 5.11. The van der Waals surface area contributed by atoms with Crippen LogP contribution in [0, 0.1) is 5.92 Å². The van der Waals surface area contributed by atoms with Gasteiger partial charge in [-0.3, -0.25) is 9.59 Å². The first kappa shape index (κ1) is 8.04.